The molecule has 3 heterocycles. The third-order valence-corrected chi connectivity index (χ3v) is 12.2. The standard InChI is InChI=1S/C47H44N4O10S2/c1-30-48-37(29-62-30)42(40(53)26-36-46(54)51(47(36,2)3)61-63(55,56)57)49-59-45(35-24-25-35)38-27-39(52)41(58-43(31-16-8-4-9-17-31)32-18-10-5-11-19-32)28-50(38)60-44(33-20-12-6-13-21-33)34-22-14-7-15-23-34/h4-23,27-29,35-36,43-45H,24-26H2,1-3H3,(H,55,56,57)/b49-42-/t36-,45?/m1/s1. The van der Waals surface area contributed by atoms with Gasteiger partial charge in [-0.25, -0.2) is 4.98 Å². The van der Waals surface area contributed by atoms with Crippen molar-refractivity contribution in [2.45, 2.75) is 63.9 Å². The first-order chi connectivity index (χ1) is 30.3. The monoisotopic (exact) mass is 888 g/mol. The number of hydrogen-bond acceptors (Lipinski definition) is 12. The SMILES string of the molecule is Cc1nc(/C(=N/OC(c2cc(=O)c(OC(c3ccccc3)c3ccccc3)cn2OC(c2ccccc2)c2ccccc2)C2CC2)C(=O)C[C@@H]2C(=O)N(OS(=O)(=O)O)C2(C)C)cs1. The number of rotatable bonds is 18. The van der Waals surface area contributed by atoms with Gasteiger partial charge in [-0.15, -0.1) is 15.6 Å². The minimum Gasteiger partial charge on any atom is -0.475 e. The normalized spacial score (nSPS) is 16.7. The van der Waals surface area contributed by atoms with Crippen molar-refractivity contribution >= 4 is 39.1 Å². The lowest BCUT2D eigenvalue weighted by Gasteiger charge is -2.50. The summed E-state index contributed by atoms with van der Waals surface area (Å²) in [6, 6.07) is 39.9. The summed E-state index contributed by atoms with van der Waals surface area (Å²) >= 11 is 1.29. The Morgan fingerprint density at radius 2 is 1.38 bits per heavy atom. The molecule has 1 unspecified atom stereocenters. The van der Waals surface area contributed by atoms with Crippen molar-refractivity contribution < 1.29 is 41.3 Å². The van der Waals surface area contributed by atoms with Crippen molar-refractivity contribution in [3.63, 3.8) is 0 Å². The number of amides is 1. The number of aryl methyl sites for hydroxylation is 1. The molecule has 16 heteroatoms. The summed E-state index contributed by atoms with van der Waals surface area (Å²) in [7, 11) is -5.00. The highest BCUT2D eigenvalue weighted by Crippen LogP contribution is 2.44. The molecule has 2 fully saturated rings. The average molecular weight is 889 g/mol. The minimum absolute atomic E-state index is 0.0167. The molecule has 0 bridgehead atoms. The number of benzene rings is 4. The fraction of sp³-hybridized carbons (Fsp3) is 0.255. The summed E-state index contributed by atoms with van der Waals surface area (Å²) in [6.45, 7) is 4.78. The third kappa shape index (κ3) is 9.79. The molecule has 14 nitrogen and oxygen atoms in total. The maximum atomic E-state index is 14.4. The predicted octanol–water partition coefficient (Wildman–Crippen LogP) is 7.80. The lowest BCUT2D eigenvalue weighted by molar-refractivity contribution is -0.228. The maximum Gasteiger partial charge on any atom is 0.418 e. The van der Waals surface area contributed by atoms with Crippen LogP contribution in [0.4, 0.5) is 0 Å². The third-order valence-electron chi connectivity index (χ3n) is 11.0. The zero-order chi connectivity index (χ0) is 44.3. The van der Waals surface area contributed by atoms with Crippen molar-refractivity contribution in [1.29, 1.82) is 0 Å². The van der Waals surface area contributed by atoms with Gasteiger partial charge in [-0.3, -0.25) is 18.9 Å². The molecule has 1 aliphatic carbocycles. The second kappa shape index (κ2) is 18.1. The molecule has 1 aliphatic heterocycles. The highest BCUT2D eigenvalue weighted by atomic mass is 32.3. The van der Waals surface area contributed by atoms with Crippen LogP contribution in [0.5, 0.6) is 5.75 Å². The Kier molecular flexibility index (Phi) is 12.4. The lowest BCUT2D eigenvalue weighted by atomic mass is 9.74. The number of Topliss-reactive ketones (excluding diaryl/α,β-unsaturated/α-hetero) is 1. The van der Waals surface area contributed by atoms with Gasteiger partial charge in [0.25, 0.3) is 5.91 Å². The zero-order valence-corrected chi connectivity index (χ0v) is 36.1. The number of nitrogens with zero attached hydrogens (tertiary/aromatic N) is 4. The summed E-state index contributed by atoms with van der Waals surface area (Å²) in [5.41, 5.74) is 1.98. The quantitative estimate of drug-likeness (QED) is 0.0386. The van der Waals surface area contributed by atoms with Gasteiger partial charge in [0, 0.05) is 23.8 Å². The number of carbonyl (C=O) groups excluding carboxylic acids is 2. The minimum atomic E-state index is -5.00. The molecular weight excluding hydrogens is 845 g/mol. The van der Waals surface area contributed by atoms with Crippen LogP contribution in [0.1, 0.15) is 90.1 Å². The fourth-order valence-corrected chi connectivity index (χ4v) is 8.60. The second-order valence-corrected chi connectivity index (χ2v) is 18.0. The number of hydroxylamine groups is 2. The topological polar surface area (TPSA) is 176 Å². The Bertz CT molecular complexity index is 2700. The number of β-lactam (4-membered cyclic amide) rings is 1. The van der Waals surface area contributed by atoms with Gasteiger partial charge in [0.1, 0.15) is 17.5 Å². The Hall–Kier alpha value is -6.46. The average Bonchev–Trinajstić information content (AvgIpc) is 4.04. The fourth-order valence-electron chi connectivity index (χ4n) is 7.55. The Morgan fingerprint density at radius 3 is 1.84 bits per heavy atom. The van der Waals surface area contributed by atoms with Crippen molar-refractivity contribution in [1.82, 2.24) is 14.8 Å². The molecule has 0 spiro atoms. The van der Waals surface area contributed by atoms with E-state index in [1.165, 1.54) is 42.2 Å². The van der Waals surface area contributed by atoms with Crippen LogP contribution in [-0.2, 0) is 29.1 Å². The summed E-state index contributed by atoms with van der Waals surface area (Å²) in [4.78, 5) is 59.4. The van der Waals surface area contributed by atoms with Crippen LogP contribution in [0.15, 0.2) is 149 Å². The van der Waals surface area contributed by atoms with Crippen LogP contribution in [-0.4, -0.2) is 50.7 Å². The van der Waals surface area contributed by atoms with E-state index in [1.54, 1.807) is 12.3 Å². The van der Waals surface area contributed by atoms with E-state index in [0.717, 1.165) is 35.1 Å². The van der Waals surface area contributed by atoms with Crippen LogP contribution in [0, 0.1) is 18.8 Å². The van der Waals surface area contributed by atoms with Gasteiger partial charge in [0.15, 0.2) is 29.5 Å². The van der Waals surface area contributed by atoms with Crippen molar-refractivity contribution in [3.8, 4) is 5.75 Å². The van der Waals surface area contributed by atoms with Gasteiger partial charge in [0.05, 0.1) is 22.7 Å². The molecule has 1 amide bonds. The maximum absolute atomic E-state index is 14.4. The molecule has 1 N–H and O–H groups in total. The smallest absolute Gasteiger partial charge is 0.418 e. The summed E-state index contributed by atoms with van der Waals surface area (Å²) in [5.74, 6) is -2.55. The van der Waals surface area contributed by atoms with Gasteiger partial charge < -0.3 is 14.4 Å². The van der Waals surface area contributed by atoms with Crippen LogP contribution >= 0.6 is 11.3 Å². The van der Waals surface area contributed by atoms with Crippen molar-refractivity contribution in [2.24, 2.45) is 17.0 Å². The number of carbonyl (C=O) groups is 2. The van der Waals surface area contributed by atoms with E-state index in [1.807, 2.05) is 121 Å². The number of thiazole rings is 1. The molecule has 2 aliphatic rings. The van der Waals surface area contributed by atoms with E-state index in [9.17, 15) is 27.4 Å². The first-order valence-corrected chi connectivity index (χ1v) is 22.5. The molecule has 63 heavy (non-hydrogen) atoms. The predicted molar refractivity (Wildman–Crippen MR) is 234 cm³/mol. The number of aromatic nitrogens is 2. The van der Waals surface area contributed by atoms with Gasteiger partial charge in [-0.2, -0.15) is 18.2 Å². The van der Waals surface area contributed by atoms with Crippen LogP contribution < -0.4 is 15.0 Å². The highest BCUT2D eigenvalue weighted by Gasteiger charge is 2.57. The molecule has 8 rings (SSSR count). The number of pyridine rings is 1. The molecule has 2 aromatic heterocycles. The molecule has 1 saturated heterocycles. The van der Waals surface area contributed by atoms with E-state index in [4.69, 9.17) is 14.4 Å². The first kappa shape index (κ1) is 43.2. The number of oxime groups is 1. The first-order valence-electron chi connectivity index (χ1n) is 20.3. The number of ketones is 1. The summed E-state index contributed by atoms with van der Waals surface area (Å²) in [6.07, 6.45) is 0.374. The molecule has 6 aromatic rings. The Morgan fingerprint density at radius 1 is 0.857 bits per heavy atom. The second-order valence-electron chi connectivity index (χ2n) is 15.9. The van der Waals surface area contributed by atoms with E-state index in [2.05, 4.69) is 14.4 Å². The molecule has 2 atom stereocenters. The Balaban J connectivity index is 1.19. The molecule has 0 radical (unpaired) electrons. The molecule has 1 saturated carbocycles. The Labute approximate surface area is 368 Å². The molecule has 324 valence electrons. The summed E-state index contributed by atoms with van der Waals surface area (Å²) < 4.78 is 44.8. The van der Waals surface area contributed by atoms with Crippen LogP contribution in [0.3, 0.4) is 0 Å². The van der Waals surface area contributed by atoms with Crippen molar-refractivity contribution in [2.75, 3.05) is 0 Å². The van der Waals surface area contributed by atoms with Crippen LogP contribution in [0.2, 0.25) is 0 Å². The van der Waals surface area contributed by atoms with Gasteiger partial charge in [-0.1, -0.05) is 126 Å². The van der Waals surface area contributed by atoms with E-state index in [-0.39, 0.29) is 23.1 Å². The van der Waals surface area contributed by atoms with Gasteiger partial charge in [-0.05, 0) is 55.9 Å². The number of hydrogen-bond donors (Lipinski definition) is 1. The number of ether oxygens (including phenoxy) is 1. The summed E-state index contributed by atoms with van der Waals surface area (Å²) in [5, 5.41) is 7.26. The lowest BCUT2D eigenvalue weighted by Crippen LogP contribution is -2.68. The van der Waals surface area contributed by atoms with Gasteiger partial charge >= 0.3 is 10.4 Å². The largest absolute Gasteiger partial charge is 0.475 e. The van der Waals surface area contributed by atoms with E-state index < -0.39 is 63.7 Å². The van der Waals surface area contributed by atoms with Gasteiger partial charge in [0.2, 0.25) is 5.43 Å². The zero-order valence-electron chi connectivity index (χ0n) is 34.5. The van der Waals surface area contributed by atoms with Crippen molar-refractivity contribution in [3.05, 3.63) is 188 Å². The van der Waals surface area contributed by atoms with E-state index >= 15 is 0 Å². The molecular formula is C47H44N4O10S2. The van der Waals surface area contributed by atoms with E-state index in [0.29, 0.717) is 15.8 Å². The molecule has 4 aromatic carbocycles. The van der Waals surface area contributed by atoms with Crippen LogP contribution in [0.25, 0.3) is 0 Å². The highest BCUT2D eigenvalue weighted by molar-refractivity contribution is 7.80.